The molecule has 1 aromatic carbocycles. The molecule has 0 amide bonds. The van der Waals surface area contributed by atoms with Crippen molar-refractivity contribution in [2.45, 2.75) is 44.7 Å². The van der Waals surface area contributed by atoms with Crippen LogP contribution in [0.25, 0.3) is 0 Å². The highest BCUT2D eigenvalue weighted by molar-refractivity contribution is 9.10. The zero-order valence-electron chi connectivity index (χ0n) is 10.3. The number of hydrogen-bond acceptors (Lipinski definition) is 1. The molecule has 0 heterocycles. The van der Waals surface area contributed by atoms with Crippen LogP contribution >= 0.6 is 15.9 Å². The summed E-state index contributed by atoms with van der Waals surface area (Å²) >= 11 is 3.55. The average Bonchev–Trinajstić information content (AvgIpc) is 2.91. The Morgan fingerprint density at radius 2 is 2.18 bits per heavy atom. The maximum Gasteiger partial charge on any atom is 0.0294 e. The van der Waals surface area contributed by atoms with Crippen molar-refractivity contribution in [3.63, 3.8) is 0 Å². The summed E-state index contributed by atoms with van der Waals surface area (Å²) in [5, 5.41) is 3.83. The minimum absolute atomic E-state index is 0.469. The number of hydrogen-bond donors (Lipinski definition) is 1. The van der Waals surface area contributed by atoms with E-state index >= 15 is 0 Å². The second kappa shape index (κ2) is 4.74. The lowest BCUT2D eigenvalue weighted by atomic mass is 9.94. The molecule has 0 aromatic heterocycles. The Balaban J connectivity index is 1.65. The van der Waals surface area contributed by atoms with Gasteiger partial charge in [-0.25, -0.2) is 0 Å². The molecular formula is C15H20BrN. The van der Waals surface area contributed by atoms with Gasteiger partial charge in [0.05, 0.1) is 0 Å². The van der Waals surface area contributed by atoms with E-state index in [1.807, 2.05) is 0 Å². The van der Waals surface area contributed by atoms with Gasteiger partial charge in [0.1, 0.15) is 0 Å². The number of rotatable bonds is 3. The normalized spacial score (nSPS) is 32.9. The highest BCUT2D eigenvalue weighted by atomic mass is 79.9. The fourth-order valence-electron chi connectivity index (χ4n) is 3.64. The molecule has 4 atom stereocenters. The van der Waals surface area contributed by atoms with Crippen molar-refractivity contribution < 1.29 is 0 Å². The fraction of sp³-hybridized carbons (Fsp3) is 0.600. The minimum atomic E-state index is 0.469. The third kappa shape index (κ3) is 2.43. The molecule has 2 fully saturated rings. The molecular weight excluding hydrogens is 274 g/mol. The number of benzene rings is 1. The van der Waals surface area contributed by atoms with Gasteiger partial charge in [0, 0.05) is 16.6 Å². The van der Waals surface area contributed by atoms with E-state index < -0.39 is 0 Å². The third-order valence-corrected chi connectivity index (χ3v) is 5.04. The first-order valence-corrected chi connectivity index (χ1v) is 7.53. The molecule has 0 spiro atoms. The van der Waals surface area contributed by atoms with Crippen molar-refractivity contribution >= 4 is 15.9 Å². The van der Waals surface area contributed by atoms with E-state index in [1.54, 1.807) is 0 Å². The molecule has 0 radical (unpaired) electrons. The summed E-state index contributed by atoms with van der Waals surface area (Å²) in [4.78, 5) is 0. The summed E-state index contributed by atoms with van der Waals surface area (Å²) < 4.78 is 1.18. The number of nitrogens with one attached hydrogen (secondary N) is 1. The quantitative estimate of drug-likeness (QED) is 0.877. The first-order chi connectivity index (χ1) is 8.22. The molecule has 2 saturated carbocycles. The Kier molecular flexibility index (Phi) is 3.27. The molecule has 2 aliphatic carbocycles. The van der Waals surface area contributed by atoms with Gasteiger partial charge in [0.2, 0.25) is 0 Å². The van der Waals surface area contributed by atoms with Gasteiger partial charge in [-0.1, -0.05) is 34.5 Å². The van der Waals surface area contributed by atoms with Crippen molar-refractivity contribution in [2.24, 2.45) is 11.8 Å². The summed E-state index contributed by atoms with van der Waals surface area (Å²) in [5.41, 5.74) is 1.39. The van der Waals surface area contributed by atoms with Crippen LogP contribution in [0.5, 0.6) is 0 Å². The standard InChI is InChI=1S/C15H20BrN/c1-10(12-3-2-4-14(16)9-12)17-15-8-11-5-6-13(15)7-11/h2-4,9-11,13,15,17H,5-8H2,1H3. The Morgan fingerprint density at radius 1 is 1.29 bits per heavy atom. The van der Waals surface area contributed by atoms with Gasteiger partial charge in [-0.05, 0) is 55.7 Å². The van der Waals surface area contributed by atoms with Crippen LogP contribution in [-0.4, -0.2) is 6.04 Å². The highest BCUT2D eigenvalue weighted by Crippen LogP contribution is 2.45. The van der Waals surface area contributed by atoms with E-state index in [2.05, 4.69) is 52.4 Å². The van der Waals surface area contributed by atoms with Gasteiger partial charge in [-0.15, -0.1) is 0 Å². The molecule has 92 valence electrons. The van der Waals surface area contributed by atoms with E-state index in [4.69, 9.17) is 0 Å². The predicted octanol–water partition coefficient (Wildman–Crippen LogP) is 4.29. The molecule has 2 heteroatoms. The van der Waals surface area contributed by atoms with Crippen molar-refractivity contribution in [1.29, 1.82) is 0 Å². The third-order valence-electron chi connectivity index (χ3n) is 4.55. The van der Waals surface area contributed by atoms with E-state index in [9.17, 15) is 0 Å². The molecule has 17 heavy (non-hydrogen) atoms. The molecule has 2 bridgehead atoms. The van der Waals surface area contributed by atoms with Crippen LogP contribution in [0.1, 0.15) is 44.2 Å². The Bertz CT molecular complexity index is 404. The summed E-state index contributed by atoms with van der Waals surface area (Å²) in [6.07, 6.45) is 5.81. The Labute approximate surface area is 112 Å². The topological polar surface area (TPSA) is 12.0 Å². The van der Waals surface area contributed by atoms with Crippen LogP contribution in [-0.2, 0) is 0 Å². The van der Waals surface area contributed by atoms with Gasteiger partial charge in [0.15, 0.2) is 0 Å². The van der Waals surface area contributed by atoms with Crippen LogP contribution in [0.2, 0.25) is 0 Å². The number of halogens is 1. The zero-order chi connectivity index (χ0) is 11.8. The second-order valence-electron chi connectivity index (χ2n) is 5.72. The average molecular weight is 294 g/mol. The molecule has 1 nitrogen and oxygen atoms in total. The maximum atomic E-state index is 3.83. The minimum Gasteiger partial charge on any atom is -0.307 e. The molecule has 0 saturated heterocycles. The van der Waals surface area contributed by atoms with Gasteiger partial charge < -0.3 is 5.32 Å². The monoisotopic (exact) mass is 293 g/mol. The van der Waals surface area contributed by atoms with Crippen LogP contribution in [0, 0.1) is 11.8 Å². The summed E-state index contributed by atoms with van der Waals surface area (Å²) in [6.45, 7) is 2.29. The van der Waals surface area contributed by atoms with Gasteiger partial charge in [0.25, 0.3) is 0 Å². The molecule has 1 aromatic rings. The Morgan fingerprint density at radius 3 is 2.82 bits per heavy atom. The van der Waals surface area contributed by atoms with E-state index in [1.165, 1.54) is 35.7 Å². The summed E-state index contributed by atoms with van der Waals surface area (Å²) in [6, 6.07) is 9.90. The first-order valence-electron chi connectivity index (χ1n) is 6.74. The van der Waals surface area contributed by atoms with E-state index in [0.29, 0.717) is 6.04 Å². The predicted molar refractivity (Wildman–Crippen MR) is 74.9 cm³/mol. The highest BCUT2D eigenvalue weighted by Gasteiger charge is 2.39. The van der Waals surface area contributed by atoms with Crippen molar-refractivity contribution in [2.75, 3.05) is 0 Å². The molecule has 2 aliphatic rings. The molecule has 3 rings (SSSR count). The van der Waals surface area contributed by atoms with E-state index in [-0.39, 0.29) is 0 Å². The van der Waals surface area contributed by atoms with Gasteiger partial charge >= 0.3 is 0 Å². The molecule has 0 aliphatic heterocycles. The van der Waals surface area contributed by atoms with Crippen LogP contribution in [0.3, 0.4) is 0 Å². The van der Waals surface area contributed by atoms with Crippen molar-refractivity contribution in [1.82, 2.24) is 5.32 Å². The smallest absolute Gasteiger partial charge is 0.0294 e. The number of fused-ring (bicyclic) bond motifs is 2. The zero-order valence-corrected chi connectivity index (χ0v) is 11.9. The van der Waals surface area contributed by atoms with Crippen LogP contribution in [0.15, 0.2) is 28.7 Å². The maximum absolute atomic E-state index is 3.83. The van der Waals surface area contributed by atoms with Crippen LogP contribution in [0.4, 0.5) is 0 Å². The lowest BCUT2D eigenvalue weighted by molar-refractivity contribution is 0.327. The molecule has 4 unspecified atom stereocenters. The van der Waals surface area contributed by atoms with Gasteiger partial charge in [-0.2, -0.15) is 0 Å². The fourth-order valence-corrected chi connectivity index (χ4v) is 4.06. The summed E-state index contributed by atoms with van der Waals surface area (Å²) in [7, 11) is 0. The lowest BCUT2D eigenvalue weighted by Gasteiger charge is -2.27. The van der Waals surface area contributed by atoms with Gasteiger partial charge in [-0.3, -0.25) is 0 Å². The van der Waals surface area contributed by atoms with Crippen LogP contribution < -0.4 is 5.32 Å². The largest absolute Gasteiger partial charge is 0.307 e. The lowest BCUT2D eigenvalue weighted by Crippen LogP contribution is -2.35. The van der Waals surface area contributed by atoms with E-state index in [0.717, 1.165) is 17.9 Å². The van der Waals surface area contributed by atoms with Crippen molar-refractivity contribution in [3.05, 3.63) is 34.3 Å². The summed E-state index contributed by atoms with van der Waals surface area (Å²) in [5.74, 6) is 1.97. The Hall–Kier alpha value is -0.340. The second-order valence-corrected chi connectivity index (χ2v) is 6.64. The first kappa shape index (κ1) is 11.7. The van der Waals surface area contributed by atoms with Crippen molar-refractivity contribution in [3.8, 4) is 0 Å². The molecule has 1 N–H and O–H groups in total. The SMILES string of the molecule is CC(NC1CC2CCC1C2)c1cccc(Br)c1.